The van der Waals surface area contributed by atoms with Crippen LogP contribution in [0, 0.1) is 0 Å². The van der Waals surface area contributed by atoms with Gasteiger partial charge in [-0.15, -0.1) is 0 Å². The highest BCUT2D eigenvalue weighted by molar-refractivity contribution is 6.32. The van der Waals surface area contributed by atoms with Crippen molar-refractivity contribution in [3.8, 4) is 28.5 Å². The summed E-state index contributed by atoms with van der Waals surface area (Å²) in [5.41, 5.74) is 2.76. The van der Waals surface area contributed by atoms with Gasteiger partial charge in [-0.3, -0.25) is 9.89 Å². The van der Waals surface area contributed by atoms with Gasteiger partial charge in [0.2, 0.25) is 0 Å². The van der Waals surface area contributed by atoms with Gasteiger partial charge in [0, 0.05) is 18.5 Å². The molecule has 0 saturated carbocycles. The summed E-state index contributed by atoms with van der Waals surface area (Å²) in [4.78, 5) is 12.5. The largest absolute Gasteiger partial charge is 0.497 e. The lowest BCUT2D eigenvalue weighted by atomic mass is 10.1. The normalized spacial score (nSPS) is 12.9. The third-order valence-electron chi connectivity index (χ3n) is 4.52. The van der Waals surface area contributed by atoms with Crippen LogP contribution in [0.1, 0.15) is 22.5 Å². The highest BCUT2D eigenvalue weighted by Crippen LogP contribution is 2.38. The first-order valence-electron chi connectivity index (χ1n) is 9.20. The van der Waals surface area contributed by atoms with E-state index in [9.17, 15) is 4.79 Å². The number of methoxy groups -OCH3 is 1. The lowest BCUT2D eigenvalue weighted by Gasteiger charge is -2.12. The van der Waals surface area contributed by atoms with Crippen molar-refractivity contribution in [2.24, 2.45) is 0 Å². The second-order valence-electron chi connectivity index (χ2n) is 6.53. The minimum absolute atomic E-state index is 0.263. The number of benzene rings is 2. The van der Waals surface area contributed by atoms with Crippen LogP contribution in [-0.2, 0) is 6.54 Å². The van der Waals surface area contributed by atoms with Crippen molar-refractivity contribution in [3.05, 3.63) is 58.7 Å². The molecule has 2 heterocycles. The van der Waals surface area contributed by atoms with Gasteiger partial charge in [-0.2, -0.15) is 5.10 Å². The molecule has 1 aliphatic heterocycles. The summed E-state index contributed by atoms with van der Waals surface area (Å²) in [5, 5.41) is 10.3. The van der Waals surface area contributed by atoms with E-state index in [4.69, 9.17) is 25.8 Å². The molecule has 0 fully saturated rings. The van der Waals surface area contributed by atoms with Crippen LogP contribution in [0.5, 0.6) is 17.2 Å². The Hall–Kier alpha value is -3.19. The van der Waals surface area contributed by atoms with Crippen LogP contribution < -0.4 is 19.5 Å². The number of nitrogens with zero attached hydrogens (tertiary/aromatic N) is 1. The van der Waals surface area contributed by atoms with Crippen LogP contribution in [0.15, 0.2) is 42.5 Å². The van der Waals surface area contributed by atoms with E-state index in [1.54, 1.807) is 19.2 Å². The van der Waals surface area contributed by atoms with E-state index in [0.29, 0.717) is 47.7 Å². The van der Waals surface area contributed by atoms with E-state index < -0.39 is 0 Å². The van der Waals surface area contributed by atoms with Crippen molar-refractivity contribution in [3.63, 3.8) is 0 Å². The molecule has 0 saturated heterocycles. The van der Waals surface area contributed by atoms with Crippen LogP contribution in [0.4, 0.5) is 0 Å². The molecule has 0 aliphatic carbocycles. The number of aromatic nitrogens is 2. The molecular weight excluding hydrogens is 394 g/mol. The Balaban J connectivity index is 1.43. The lowest BCUT2D eigenvalue weighted by molar-refractivity contribution is 0.0946. The number of carbonyl (C=O) groups is 1. The standard InChI is InChI=1S/C21H20ClN3O4/c1-27-15-5-3-14(4-6-15)17-11-18(25-24-17)21(26)23-12-13-9-16(22)20-19(10-13)28-7-2-8-29-20/h3-6,9-11H,2,7-8,12H2,1H3,(H,23,26)(H,24,25). The minimum atomic E-state index is -0.263. The van der Waals surface area contributed by atoms with Crippen molar-refractivity contribution in [2.45, 2.75) is 13.0 Å². The number of nitrogens with one attached hydrogen (secondary N) is 2. The Morgan fingerprint density at radius 1 is 1.21 bits per heavy atom. The fraction of sp³-hybridized carbons (Fsp3) is 0.238. The fourth-order valence-electron chi connectivity index (χ4n) is 3.01. The summed E-state index contributed by atoms with van der Waals surface area (Å²) in [6.45, 7) is 1.44. The molecule has 8 heteroatoms. The number of fused-ring (bicyclic) bond motifs is 1. The Morgan fingerprint density at radius 3 is 2.79 bits per heavy atom. The fourth-order valence-corrected chi connectivity index (χ4v) is 3.30. The molecular formula is C21H20ClN3O4. The van der Waals surface area contributed by atoms with E-state index in [2.05, 4.69) is 15.5 Å². The summed E-state index contributed by atoms with van der Waals surface area (Å²) < 4.78 is 16.5. The van der Waals surface area contributed by atoms with E-state index in [1.807, 2.05) is 30.3 Å². The van der Waals surface area contributed by atoms with Crippen LogP contribution in [0.3, 0.4) is 0 Å². The molecule has 7 nitrogen and oxygen atoms in total. The first kappa shape index (κ1) is 19.1. The van der Waals surface area contributed by atoms with Crippen LogP contribution in [0.2, 0.25) is 5.02 Å². The van der Waals surface area contributed by atoms with Crippen molar-refractivity contribution >= 4 is 17.5 Å². The number of H-pyrrole nitrogens is 1. The van der Waals surface area contributed by atoms with E-state index in [0.717, 1.165) is 23.3 Å². The van der Waals surface area contributed by atoms with Crippen LogP contribution in [-0.4, -0.2) is 36.4 Å². The number of halogens is 1. The van der Waals surface area contributed by atoms with Crippen LogP contribution >= 0.6 is 11.6 Å². The van der Waals surface area contributed by atoms with E-state index in [1.165, 1.54) is 0 Å². The molecule has 2 aromatic carbocycles. The molecule has 0 spiro atoms. The highest BCUT2D eigenvalue weighted by atomic mass is 35.5. The number of carbonyl (C=O) groups excluding carboxylic acids is 1. The Morgan fingerprint density at radius 2 is 2.00 bits per heavy atom. The molecule has 4 rings (SSSR count). The molecule has 29 heavy (non-hydrogen) atoms. The van der Waals surface area contributed by atoms with Gasteiger partial charge in [-0.25, -0.2) is 0 Å². The summed E-state index contributed by atoms with van der Waals surface area (Å²) >= 11 is 6.30. The number of ether oxygens (including phenoxy) is 3. The van der Waals surface area contributed by atoms with Gasteiger partial charge in [0.15, 0.2) is 11.5 Å². The molecule has 0 radical (unpaired) electrons. The Kier molecular flexibility index (Phi) is 5.57. The SMILES string of the molecule is COc1ccc(-c2cc(C(=O)NCc3cc(Cl)c4c(c3)OCCCO4)[nH]n2)cc1. The van der Waals surface area contributed by atoms with E-state index in [-0.39, 0.29) is 5.91 Å². The van der Waals surface area contributed by atoms with Gasteiger partial charge >= 0.3 is 0 Å². The lowest BCUT2D eigenvalue weighted by Crippen LogP contribution is -2.23. The van der Waals surface area contributed by atoms with Crippen LogP contribution in [0.25, 0.3) is 11.3 Å². The third-order valence-corrected chi connectivity index (χ3v) is 4.80. The van der Waals surface area contributed by atoms with Gasteiger partial charge in [-0.1, -0.05) is 11.6 Å². The highest BCUT2D eigenvalue weighted by Gasteiger charge is 2.17. The number of amides is 1. The average molecular weight is 414 g/mol. The predicted octanol–water partition coefficient (Wildman–Crippen LogP) is 3.83. The second-order valence-corrected chi connectivity index (χ2v) is 6.94. The number of aromatic amines is 1. The molecule has 150 valence electrons. The maximum Gasteiger partial charge on any atom is 0.269 e. The average Bonchev–Trinajstić information content (AvgIpc) is 3.11. The maximum atomic E-state index is 12.5. The number of hydrogen-bond acceptors (Lipinski definition) is 5. The Bertz CT molecular complexity index is 1020. The molecule has 3 aromatic rings. The summed E-state index contributed by atoms with van der Waals surface area (Å²) in [6, 6.07) is 12.8. The zero-order valence-electron chi connectivity index (χ0n) is 15.8. The van der Waals surface area contributed by atoms with Gasteiger partial charge in [0.1, 0.15) is 11.4 Å². The van der Waals surface area contributed by atoms with Crippen molar-refractivity contribution in [2.75, 3.05) is 20.3 Å². The first-order valence-corrected chi connectivity index (χ1v) is 9.58. The number of hydrogen-bond donors (Lipinski definition) is 2. The van der Waals surface area contributed by atoms with Crippen molar-refractivity contribution in [1.29, 1.82) is 0 Å². The first-order chi connectivity index (χ1) is 14.1. The maximum absolute atomic E-state index is 12.5. The minimum Gasteiger partial charge on any atom is -0.497 e. The molecule has 1 aromatic heterocycles. The van der Waals surface area contributed by atoms with Gasteiger partial charge < -0.3 is 19.5 Å². The monoisotopic (exact) mass is 413 g/mol. The summed E-state index contributed by atoms with van der Waals surface area (Å²) in [7, 11) is 1.61. The third kappa shape index (κ3) is 4.30. The number of rotatable bonds is 5. The molecule has 0 bridgehead atoms. The summed E-state index contributed by atoms with van der Waals surface area (Å²) in [6.07, 6.45) is 0.799. The van der Waals surface area contributed by atoms with Gasteiger partial charge in [0.05, 0.1) is 31.0 Å². The molecule has 0 unspecified atom stereocenters. The van der Waals surface area contributed by atoms with E-state index >= 15 is 0 Å². The van der Waals surface area contributed by atoms with Crippen molar-refractivity contribution in [1.82, 2.24) is 15.5 Å². The molecule has 1 aliphatic rings. The second kappa shape index (κ2) is 8.45. The predicted molar refractivity (Wildman–Crippen MR) is 109 cm³/mol. The smallest absolute Gasteiger partial charge is 0.269 e. The summed E-state index contributed by atoms with van der Waals surface area (Å²) in [5.74, 6) is 1.65. The quantitative estimate of drug-likeness (QED) is 0.664. The molecule has 1 amide bonds. The Labute approximate surface area is 172 Å². The zero-order chi connectivity index (χ0) is 20.2. The molecule has 2 N–H and O–H groups in total. The van der Waals surface area contributed by atoms with Gasteiger partial charge in [-0.05, 0) is 48.0 Å². The molecule has 0 atom stereocenters. The van der Waals surface area contributed by atoms with Gasteiger partial charge in [0.25, 0.3) is 5.91 Å². The van der Waals surface area contributed by atoms with Crippen molar-refractivity contribution < 1.29 is 19.0 Å². The zero-order valence-corrected chi connectivity index (χ0v) is 16.6. The topological polar surface area (TPSA) is 85.5 Å².